The van der Waals surface area contributed by atoms with Crippen LogP contribution in [-0.4, -0.2) is 17.6 Å². The molecule has 0 spiro atoms. The van der Waals surface area contributed by atoms with Crippen LogP contribution in [0.5, 0.6) is 0 Å². The molecule has 0 saturated carbocycles. The Labute approximate surface area is 156 Å². The maximum Gasteiger partial charge on any atom is 0.268 e. The van der Waals surface area contributed by atoms with E-state index >= 15 is 0 Å². The molecule has 27 heavy (non-hydrogen) atoms. The lowest BCUT2D eigenvalue weighted by atomic mass is 10.0. The van der Waals surface area contributed by atoms with E-state index in [1.807, 2.05) is 6.07 Å². The Morgan fingerprint density at radius 3 is 2.44 bits per heavy atom. The number of Topliss-reactive ketones (excluding diaryl/α,β-unsaturated/α-hetero) is 1. The van der Waals surface area contributed by atoms with Gasteiger partial charge in [-0.05, 0) is 42.8 Å². The largest absolute Gasteiger partial charge is 0.496 e. The molecule has 3 rings (SSSR count). The van der Waals surface area contributed by atoms with Crippen molar-refractivity contribution >= 4 is 28.9 Å². The first kappa shape index (κ1) is 18.1. The Hall–Kier alpha value is -3.72. The summed E-state index contributed by atoms with van der Waals surface area (Å²) in [5, 5.41) is 8.82. The molecular formula is C21H16N2O4. The summed E-state index contributed by atoms with van der Waals surface area (Å²) >= 11 is 0. The Morgan fingerprint density at radius 1 is 1.15 bits per heavy atom. The van der Waals surface area contributed by atoms with Crippen LogP contribution in [-0.2, 0) is 20.9 Å². The lowest BCUT2D eigenvalue weighted by molar-refractivity contribution is -0.122. The first-order chi connectivity index (χ1) is 12.9. The van der Waals surface area contributed by atoms with E-state index in [1.165, 1.54) is 20.1 Å². The summed E-state index contributed by atoms with van der Waals surface area (Å²) in [6.45, 7) is 2.94. The Kier molecular flexibility index (Phi) is 4.86. The Bertz CT molecular complexity index is 1010. The maximum atomic E-state index is 12.6. The van der Waals surface area contributed by atoms with Crippen LogP contribution in [0.15, 0.2) is 48.7 Å². The molecule has 0 atom stereocenters. The van der Waals surface area contributed by atoms with Crippen molar-refractivity contribution in [3.05, 3.63) is 71.0 Å². The number of nitrogens with zero attached hydrogens (tertiary/aromatic N) is 2. The second kappa shape index (κ2) is 7.26. The first-order valence-corrected chi connectivity index (χ1v) is 8.23. The summed E-state index contributed by atoms with van der Waals surface area (Å²) in [5.41, 5.74) is 2.97. The van der Waals surface area contributed by atoms with Gasteiger partial charge in [-0.25, -0.2) is 4.90 Å². The molecule has 0 aliphatic carbocycles. The van der Waals surface area contributed by atoms with Gasteiger partial charge in [0.15, 0.2) is 5.78 Å². The lowest BCUT2D eigenvalue weighted by Gasteiger charge is -2.12. The number of carbonyl (C=O) groups is 3. The minimum Gasteiger partial charge on any atom is -0.496 e. The summed E-state index contributed by atoms with van der Waals surface area (Å²) in [4.78, 5) is 37.3. The highest BCUT2D eigenvalue weighted by Gasteiger charge is 2.35. The van der Waals surface area contributed by atoms with E-state index in [9.17, 15) is 14.4 Å². The third kappa shape index (κ3) is 3.48. The van der Waals surface area contributed by atoms with Crippen LogP contribution in [0.1, 0.15) is 40.9 Å². The van der Waals surface area contributed by atoms with Gasteiger partial charge >= 0.3 is 0 Å². The van der Waals surface area contributed by atoms with Crippen molar-refractivity contribution < 1.29 is 19.1 Å². The van der Waals surface area contributed by atoms with E-state index < -0.39 is 11.8 Å². The van der Waals surface area contributed by atoms with Crippen LogP contribution < -0.4 is 4.90 Å². The summed E-state index contributed by atoms with van der Waals surface area (Å²) < 4.78 is 5.54. The smallest absolute Gasteiger partial charge is 0.268 e. The van der Waals surface area contributed by atoms with Gasteiger partial charge in [-0.15, -0.1) is 0 Å². The van der Waals surface area contributed by atoms with E-state index in [4.69, 9.17) is 10.00 Å². The molecule has 134 valence electrons. The summed E-state index contributed by atoms with van der Waals surface area (Å²) in [7, 11) is 0. The van der Waals surface area contributed by atoms with E-state index in [0.29, 0.717) is 22.4 Å². The number of imide groups is 1. The molecule has 0 fully saturated rings. The Morgan fingerprint density at radius 2 is 1.85 bits per heavy atom. The molecule has 6 nitrogen and oxygen atoms in total. The fourth-order valence-electron chi connectivity index (χ4n) is 2.83. The number of fused-ring (bicyclic) bond motifs is 1. The number of benzene rings is 2. The number of nitriles is 1. The molecule has 2 aromatic carbocycles. The number of carbonyl (C=O) groups excluding carboxylic acids is 3. The predicted molar refractivity (Wildman–Crippen MR) is 98.5 cm³/mol. The highest BCUT2D eigenvalue weighted by atomic mass is 16.5. The quantitative estimate of drug-likeness (QED) is 0.475. The summed E-state index contributed by atoms with van der Waals surface area (Å²) in [6.07, 6.45) is 1.31. The average molecular weight is 360 g/mol. The van der Waals surface area contributed by atoms with Crippen molar-refractivity contribution in [2.24, 2.45) is 0 Å². The number of ether oxygens (including phenoxy) is 1. The molecule has 2 aromatic rings. The maximum absolute atomic E-state index is 12.6. The van der Waals surface area contributed by atoms with Gasteiger partial charge in [0.05, 0.1) is 29.2 Å². The molecule has 1 aliphatic rings. The third-order valence-electron chi connectivity index (χ3n) is 4.22. The second-order valence-electron chi connectivity index (χ2n) is 6.10. The number of ketones is 1. The van der Waals surface area contributed by atoms with Crippen molar-refractivity contribution in [1.82, 2.24) is 0 Å². The lowest BCUT2D eigenvalue weighted by Crippen LogP contribution is -2.31. The minimum atomic E-state index is -0.488. The van der Waals surface area contributed by atoms with Crippen molar-refractivity contribution in [3.63, 3.8) is 0 Å². The zero-order chi connectivity index (χ0) is 19.6. The van der Waals surface area contributed by atoms with Gasteiger partial charge in [-0.2, -0.15) is 5.26 Å². The number of amides is 2. The normalized spacial score (nSPS) is 14.0. The van der Waals surface area contributed by atoms with Gasteiger partial charge in [0, 0.05) is 18.1 Å². The number of hydrogen-bond donors (Lipinski definition) is 0. The van der Waals surface area contributed by atoms with Crippen molar-refractivity contribution in [3.8, 4) is 6.07 Å². The molecule has 0 bridgehead atoms. The van der Waals surface area contributed by atoms with Crippen molar-refractivity contribution in [1.29, 1.82) is 5.26 Å². The summed E-state index contributed by atoms with van der Waals surface area (Å²) in [5.74, 6) is -1.03. The molecule has 0 N–H and O–H groups in total. The van der Waals surface area contributed by atoms with E-state index in [0.717, 1.165) is 10.5 Å². The van der Waals surface area contributed by atoms with Gasteiger partial charge in [-0.3, -0.25) is 14.4 Å². The van der Waals surface area contributed by atoms with E-state index in [1.54, 1.807) is 42.5 Å². The molecule has 1 heterocycles. The Balaban J connectivity index is 1.90. The zero-order valence-electron chi connectivity index (χ0n) is 14.9. The van der Waals surface area contributed by atoms with Crippen LogP contribution in [0.25, 0.3) is 5.57 Å². The van der Waals surface area contributed by atoms with Gasteiger partial charge < -0.3 is 4.74 Å². The van der Waals surface area contributed by atoms with Crippen molar-refractivity contribution in [2.45, 2.75) is 20.5 Å². The molecule has 2 amide bonds. The molecule has 0 saturated heterocycles. The van der Waals surface area contributed by atoms with Crippen LogP contribution >= 0.6 is 0 Å². The van der Waals surface area contributed by atoms with Crippen LogP contribution in [0.4, 0.5) is 5.69 Å². The highest BCUT2D eigenvalue weighted by molar-refractivity contribution is 6.39. The molecule has 0 radical (unpaired) electrons. The molecule has 0 aromatic heterocycles. The van der Waals surface area contributed by atoms with Gasteiger partial charge in [-0.1, -0.05) is 12.1 Å². The number of anilines is 1. The molecule has 6 heteroatoms. The van der Waals surface area contributed by atoms with Gasteiger partial charge in [0.2, 0.25) is 5.91 Å². The second-order valence-corrected chi connectivity index (χ2v) is 6.10. The van der Waals surface area contributed by atoms with Crippen LogP contribution in [0.3, 0.4) is 0 Å². The molecule has 0 unspecified atom stereocenters. The SMILES string of the molecule is CC(=O)c1ccc2c(c1)C(=COCc1ccc(C#N)cc1)C(=O)N2C(C)=O. The van der Waals surface area contributed by atoms with Crippen LogP contribution in [0, 0.1) is 11.3 Å². The standard InChI is InChI=1S/C21H16N2O4/c1-13(24)17-7-8-20-18(9-17)19(21(26)23(20)14(2)25)12-27-11-16-5-3-15(10-22)4-6-16/h3-9,12H,11H2,1-2H3. The fraction of sp³-hybridized carbons (Fsp3) is 0.143. The van der Waals surface area contributed by atoms with Gasteiger partial charge in [0.25, 0.3) is 5.91 Å². The topological polar surface area (TPSA) is 87.5 Å². The minimum absolute atomic E-state index is 0.135. The average Bonchev–Trinajstić information content (AvgIpc) is 2.93. The molecule has 1 aliphatic heterocycles. The molecular weight excluding hydrogens is 344 g/mol. The highest BCUT2D eigenvalue weighted by Crippen LogP contribution is 2.37. The fourth-order valence-corrected chi connectivity index (χ4v) is 2.83. The number of hydrogen-bond acceptors (Lipinski definition) is 5. The van der Waals surface area contributed by atoms with Crippen molar-refractivity contribution in [2.75, 3.05) is 4.90 Å². The van der Waals surface area contributed by atoms with Crippen LogP contribution in [0.2, 0.25) is 0 Å². The monoisotopic (exact) mass is 360 g/mol. The van der Waals surface area contributed by atoms with Gasteiger partial charge in [0.1, 0.15) is 6.61 Å². The predicted octanol–water partition coefficient (Wildman–Crippen LogP) is 3.21. The third-order valence-corrected chi connectivity index (χ3v) is 4.22. The van der Waals surface area contributed by atoms with E-state index in [-0.39, 0.29) is 18.0 Å². The zero-order valence-corrected chi connectivity index (χ0v) is 14.9. The summed E-state index contributed by atoms with van der Waals surface area (Å²) in [6, 6.07) is 13.7. The number of rotatable bonds is 4. The first-order valence-electron chi connectivity index (χ1n) is 8.23. The van der Waals surface area contributed by atoms with E-state index in [2.05, 4.69) is 0 Å².